The van der Waals surface area contributed by atoms with Gasteiger partial charge in [-0.1, -0.05) is 5.16 Å². The second-order valence-electron chi connectivity index (χ2n) is 3.98. The molecule has 1 fully saturated rings. The minimum absolute atomic E-state index is 0.481. The van der Waals surface area contributed by atoms with Crippen molar-refractivity contribution in [2.45, 2.75) is 18.8 Å². The predicted molar refractivity (Wildman–Crippen MR) is 66.4 cm³/mol. The van der Waals surface area contributed by atoms with Crippen molar-refractivity contribution in [2.24, 2.45) is 4.99 Å². The molecular weight excluding hydrogens is 234 g/mol. The molecule has 0 radical (unpaired) electrons. The highest BCUT2D eigenvalue weighted by Crippen LogP contribution is 2.39. The standard InChI is InChI=1S/C12H9N3OS/c17-7-13-10-5-3-8(4-6-10)11-14-12(16-15-11)9-1-2-9/h3-6,9H,1-2H2. The highest BCUT2D eigenvalue weighted by Gasteiger charge is 2.29. The maximum absolute atomic E-state index is 5.21. The fourth-order valence-corrected chi connectivity index (χ4v) is 1.69. The van der Waals surface area contributed by atoms with Gasteiger partial charge in [-0.15, -0.1) is 0 Å². The number of aromatic nitrogens is 2. The van der Waals surface area contributed by atoms with Gasteiger partial charge >= 0.3 is 0 Å². The zero-order valence-corrected chi connectivity index (χ0v) is 9.78. The van der Waals surface area contributed by atoms with E-state index < -0.39 is 0 Å². The highest BCUT2D eigenvalue weighted by atomic mass is 32.1. The maximum Gasteiger partial charge on any atom is 0.230 e. The normalized spacial score (nSPS) is 14.4. The Morgan fingerprint density at radius 2 is 2.06 bits per heavy atom. The largest absolute Gasteiger partial charge is 0.339 e. The number of rotatable bonds is 3. The summed E-state index contributed by atoms with van der Waals surface area (Å²) in [7, 11) is 0. The van der Waals surface area contributed by atoms with Crippen LogP contribution in [0.5, 0.6) is 0 Å². The van der Waals surface area contributed by atoms with Crippen LogP contribution in [0.2, 0.25) is 0 Å². The zero-order chi connectivity index (χ0) is 11.7. The minimum Gasteiger partial charge on any atom is -0.339 e. The smallest absolute Gasteiger partial charge is 0.230 e. The fraction of sp³-hybridized carbons (Fsp3) is 0.250. The zero-order valence-electron chi connectivity index (χ0n) is 8.96. The van der Waals surface area contributed by atoms with Crippen LogP contribution >= 0.6 is 12.2 Å². The molecule has 17 heavy (non-hydrogen) atoms. The molecule has 0 spiro atoms. The molecule has 0 aliphatic heterocycles. The molecule has 0 unspecified atom stereocenters. The van der Waals surface area contributed by atoms with Crippen molar-refractivity contribution in [3.63, 3.8) is 0 Å². The molecular formula is C12H9N3OS. The lowest BCUT2D eigenvalue weighted by Crippen LogP contribution is -1.81. The average molecular weight is 243 g/mol. The summed E-state index contributed by atoms with van der Waals surface area (Å²) >= 11 is 4.54. The summed E-state index contributed by atoms with van der Waals surface area (Å²) in [4.78, 5) is 8.26. The van der Waals surface area contributed by atoms with Crippen LogP contribution in [0, 0.1) is 0 Å². The molecule has 84 valence electrons. The van der Waals surface area contributed by atoms with Gasteiger partial charge in [-0.25, -0.2) is 0 Å². The molecule has 0 bridgehead atoms. The summed E-state index contributed by atoms with van der Waals surface area (Å²) in [5, 5.41) is 6.30. The molecule has 5 heteroatoms. The molecule has 0 atom stereocenters. The van der Waals surface area contributed by atoms with Gasteiger partial charge in [-0.3, -0.25) is 0 Å². The van der Waals surface area contributed by atoms with Crippen molar-refractivity contribution in [1.82, 2.24) is 10.1 Å². The Morgan fingerprint density at radius 3 is 2.71 bits per heavy atom. The Kier molecular flexibility index (Phi) is 2.55. The quantitative estimate of drug-likeness (QED) is 0.612. The number of isothiocyanates is 1. The third-order valence-electron chi connectivity index (χ3n) is 2.67. The Bertz CT molecular complexity index is 580. The Morgan fingerprint density at radius 1 is 1.29 bits per heavy atom. The molecule has 2 aromatic rings. The van der Waals surface area contributed by atoms with E-state index in [1.165, 1.54) is 0 Å². The molecule has 1 heterocycles. The Balaban J connectivity index is 1.88. The van der Waals surface area contributed by atoms with Crippen molar-refractivity contribution in [3.05, 3.63) is 30.2 Å². The summed E-state index contributed by atoms with van der Waals surface area (Å²) in [5.41, 5.74) is 1.69. The molecule has 1 aliphatic rings. The van der Waals surface area contributed by atoms with Crippen LogP contribution in [0.3, 0.4) is 0 Å². The molecule has 1 saturated carbocycles. The number of benzene rings is 1. The van der Waals surface area contributed by atoms with Gasteiger partial charge in [0.25, 0.3) is 0 Å². The third-order valence-corrected chi connectivity index (χ3v) is 2.76. The maximum atomic E-state index is 5.21. The van der Waals surface area contributed by atoms with Crippen molar-refractivity contribution >= 4 is 23.1 Å². The van der Waals surface area contributed by atoms with Crippen molar-refractivity contribution in [2.75, 3.05) is 0 Å². The third kappa shape index (κ3) is 2.16. The number of hydrogen-bond donors (Lipinski definition) is 0. The van der Waals surface area contributed by atoms with Crippen molar-refractivity contribution in [1.29, 1.82) is 0 Å². The topological polar surface area (TPSA) is 51.3 Å². The van der Waals surface area contributed by atoms with E-state index >= 15 is 0 Å². The van der Waals surface area contributed by atoms with Crippen LogP contribution in [0.1, 0.15) is 24.7 Å². The van der Waals surface area contributed by atoms with E-state index in [0.29, 0.717) is 11.7 Å². The van der Waals surface area contributed by atoms with Gasteiger partial charge in [0.15, 0.2) is 0 Å². The van der Waals surface area contributed by atoms with Crippen LogP contribution in [-0.2, 0) is 0 Å². The molecule has 1 aromatic heterocycles. The number of hydrogen-bond acceptors (Lipinski definition) is 5. The van der Waals surface area contributed by atoms with E-state index in [0.717, 1.165) is 30.0 Å². The molecule has 0 amide bonds. The molecule has 1 aliphatic carbocycles. The van der Waals surface area contributed by atoms with E-state index in [1.54, 1.807) is 0 Å². The van der Waals surface area contributed by atoms with E-state index in [9.17, 15) is 0 Å². The summed E-state index contributed by atoms with van der Waals surface area (Å²) in [6.07, 6.45) is 2.31. The summed E-state index contributed by atoms with van der Waals surface area (Å²) in [5.74, 6) is 1.86. The van der Waals surface area contributed by atoms with E-state index in [4.69, 9.17) is 4.52 Å². The van der Waals surface area contributed by atoms with Crippen LogP contribution in [0.4, 0.5) is 5.69 Å². The first kappa shape index (κ1) is 10.3. The Hall–Kier alpha value is -1.84. The van der Waals surface area contributed by atoms with Crippen LogP contribution < -0.4 is 0 Å². The SMILES string of the molecule is S=C=Nc1ccc(-c2noc(C3CC3)n2)cc1. The molecule has 0 saturated heterocycles. The second-order valence-corrected chi connectivity index (χ2v) is 4.16. The Labute approximate surface area is 103 Å². The first-order valence-electron chi connectivity index (χ1n) is 5.39. The van der Waals surface area contributed by atoms with Gasteiger partial charge in [-0.2, -0.15) is 9.98 Å². The van der Waals surface area contributed by atoms with Gasteiger partial charge in [0.05, 0.1) is 10.8 Å². The second kappa shape index (κ2) is 4.20. The van der Waals surface area contributed by atoms with Crippen LogP contribution in [-0.4, -0.2) is 15.3 Å². The highest BCUT2D eigenvalue weighted by molar-refractivity contribution is 7.78. The first-order chi connectivity index (χ1) is 8.36. The van der Waals surface area contributed by atoms with Gasteiger partial charge in [-0.05, 0) is 49.3 Å². The first-order valence-corrected chi connectivity index (χ1v) is 5.79. The minimum atomic E-state index is 0.481. The van der Waals surface area contributed by atoms with E-state index in [-0.39, 0.29) is 0 Å². The number of nitrogens with zero attached hydrogens (tertiary/aromatic N) is 3. The van der Waals surface area contributed by atoms with Gasteiger partial charge in [0.2, 0.25) is 11.7 Å². The lowest BCUT2D eigenvalue weighted by Gasteiger charge is -1.94. The predicted octanol–water partition coefficient (Wildman–Crippen LogP) is 3.35. The molecule has 0 N–H and O–H groups in total. The van der Waals surface area contributed by atoms with Crippen molar-refractivity contribution in [3.8, 4) is 11.4 Å². The summed E-state index contributed by atoms with van der Waals surface area (Å²) < 4.78 is 5.21. The van der Waals surface area contributed by atoms with E-state index in [1.807, 2.05) is 24.3 Å². The summed E-state index contributed by atoms with van der Waals surface area (Å²) in [6.45, 7) is 0. The molecule has 3 rings (SSSR count). The lowest BCUT2D eigenvalue weighted by molar-refractivity contribution is 0.380. The summed E-state index contributed by atoms with van der Waals surface area (Å²) in [6, 6.07) is 7.49. The fourth-order valence-electron chi connectivity index (χ4n) is 1.59. The van der Waals surface area contributed by atoms with Gasteiger partial charge in [0.1, 0.15) is 0 Å². The number of thiocarbonyl (C=S) groups is 1. The van der Waals surface area contributed by atoms with Crippen molar-refractivity contribution < 1.29 is 4.52 Å². The number of aliphatic imine (C=N–C) groups is 1. The van der Waals surface area contributed by atoms with Gasteiger partial charge in [0, 0.05) is 11.5 Å². The van der Waals surface area contributed by atoms with E-state index in [2.05, 4.69) is 32.5 Å². The van der Waals surface area contributed by atoms with Crippen LogP contribution in [0.25, 0.3) is 11.4 Å². The van der Waals surface area contributed by atoms with Crippen LogP contribution in [0.15, 0.2) is 33.8 Å². The monoisotopic (exact) mass is 243 g/mol. The molecule has 1 aromatic carbocycles. The lowest BCUT2D eigenvalue weighted by atomic mass is 10.2. The molecule has 4 nitrogen and oxygen atoms in total. The van der Waals surface area contributed by atoms with Gasteiger partial charge < -0.3 is 4.52 Å². The average Bonchev–Trinajstić information content (AvgIpc) is 3.09.